The van der Waals surface area contributed by atoms with Crippen LogP contribution in [0, 0.1) is 6.92 Å². The molecule has 0 saturated heterocycles. The molecule has 3 aromatic carbocycles. The van der Waals surface area contributed by atoms with Crippen LogP contribution in [-0.4, -0.2) is 17.5 Å². The predicted octanol–water partition coefficient (Wildman–Crippen LogP) is 7.92. The topological polar surface area (TPSA) is 15.3 Å². The summed E-state index contributed by atoms with van der Waals surface area (Å²) in [5.41, 5.74) is 7.24. The monoisotopic (exact) mass is 438 g/mol. The summed E-state index contributed by atoms with van der Waals surface area (Å²) in [5, 5.41) is 6.21. The molecule has 1 aliphatic rings. The number of hydrogen-bond acceptors (Lipinski definition) is 2. The standard InChI is InChI=1S/C31H38N2/c1-5-20-33(25(4)30-17-11-13-26-12-9-10-16-31(26)30)22-28-19-18-27(21-23(28)2)24(3)32-29-14-7-6-8-15-29/h9-13,16-19,21,29,32H,3-8,14-15,20,22H2,1-2H3. The summed E-state index contributed by atoms with van der Waals surface area (Å²) >= 11 is 0. The highest BCUT2D eigenvalue weighted by atomic mass is 15.1. The highest BCUT2D eigenvalue weighted by Gasteiger charge is 2.16. The van der Waals surface area contributed by atoms with E-state index in [1.807, 2.05) is 0 Å². The first-order chi connectivity index (χ1) is 16.1. The molecule has 33 heavy (non-hydrogen) atoms. The zero-order valence-corrected chi connectivity index (χ0v) is 20.4. The molecule has 4 rings (SSSR count). The Kier molecular flexibility index (Phi) is 7.54. The molecule has 0 amide bonds. The van der Waals surface area contributed by atoms with Gasteiger partial charge in [0, 0.05) is 36.1 Å². The van der Waals surface area contributed by atoms with Gasteiger partial charge < -0.3 is 10.2 Å². The normalized spacial score (nSPS) is 14.2. The van der Waals surface area contributed by atoms with E-state index < -0.39 is 0 Å². The lowest BCUT2D eigenvalue weighted by Gasteiger charge is -2.28. The molecule has 0 bridgehead atoms. The zero-order chi connectivity index (χ0) is 23.2. The Labute approximate surface area is 200 Å². The molecule has 0 spiro atoms. The predicted molar refractivity (Wildman–Crippen MR) is 144 cm³/mol. The Bertz CT molecular complexity index is 1120. The molecule has 1 N–H and O–H groups in total. The Morgan fingerprint density at radius 1 is 0.970 bits per heavy atom. The van der Waals surface area contributed by atoms with Crippen LogP contribution >= 0.6 is 0 Å². The Balaban J connectivity index is 1.51. The molecule has 1 fully saturated rings. The van der Waals surface area contributed by atoms with Gasteiger partial charge in [0.25, 0.3) is 0 Å². The maximum absolute atomic E-state index is 4.53. The smallest absolute Gasteiger partial charge is 0.0432 e. The Morgan fingerprint density at radius 2 is 1.73 bits per heavy atom. The van der Waals surface area contributed by atoms with Crippen LogP contribution in [0.15, 0.2) is 73.8 Å². The number of benzene rings is 3. The lowest BCUT2D eigenvalue weighted by atomic mass is 9.94. The fourth-order valence-electron chi connectivity index (χ4n) is 5.07. The van der Waals surface area contributed by atoms with E-state index in [1.54, 1.807) is 0 Å². The molecule has 0 aromatic heterocycles. The highest BCUT2D eigenvalue weighted by Crippen LogP contribution is 2.29. The van der Waals surface area contributed by atoms with Crippen LogP contribution in [0.1, 0.15) is 67.7 Å². The molecule has 0 aliphatic heterocycles. The van der Waals surface area contributed by atoms with Crippen LogP contribution < -0.4 is 5.32 Å². The summed E-state index contributed by atoms with van der Waals surface area (Å²) in [6.07, 6.45) is 7.64. The molecule has 0 heterocycles. The number of nitrogens with one attached hydrogen (secondary N) is 1. The van der Waals surface area contributed by atoms with E-state index in [-0.39, 0.29) is 0 Å². The molecule has 2 nitrogen and oxygen atoms in total. The molecule has 3 aromatic rings. The molecular formula is C31H38N2. The molecule has 0 unspecified atom stereocenters. The van der Waals surface area contributed by atoms with Gasteiger partial charge in [0.2, 0.25) is 0 Å². The summed E-state index contributed by atoms with van der Waals surface area (Å²) in [4.78, 5) is 2.43. The van der Waals surface area contributed by atoms with Crippen molar-refractivity contribution in [2.75, 3.05) is 6.54 Å². The third kappa shape index (κ3) is 5.50. The van der Waals surface area contributed by atoms with Crippen LogP contribution in [0.4, 0.5) is 0 Å². The minimum absolute atomic E-state index is 0.579. The van der Waals surface area contributed by atoms with Crippen LogP contribution in [0.3, 0.4) is 0 Å². The number of aryl methyl sites for hydroxylation is 1. The number of hydrogen-bond donors (Lipinski definition) is 1. The van der Waals surface area contributed by atoms with Crippen LogP contribution in [0.25, 0.3) is 22.2 Å². The molecule has 1 saturated carbocycles. The summed E-state index contributed by atoms with van der Waals surface area (Å²) < 4.78 is 0. The van der Waals surface area contributed by atoms with Gasteiger partial charge in [-0.3, -0.25) is 0 Å². The molecule has 0 radical (unpaired) electrons. The van der Waals surface area contributed by atoms with Crippen LogP contribution in [-0.2, 0) is 6.54 Å². The van der Waals surface area contributed by atoms with Crippen molar-refractivity contribution in [1.82, 2.24) is 10.2 Å². The van der Waals surface area contributed by atoms with E-state index in [1.165, 1.54) is 65.1 Å². The first-order valence-corrected chi connectivity index (χ1v) is 12.5. The number of nitrogens with zero attached hydrogens (tertiary/aromatic N) is 1. The SMILES string of the molecule is C=C(NC1CCCCC1)c1ccc(CN(CCC)C(=C)c2cccc3ccccc23)c(C)c1. The second-order valence-corrected chi connectivity index (χ2v) is 9.49. The second kappa shape index (κ2) is 10.7. The van der Waals surface area contributed by atoms with Gasteiger partial charge in [-0.2, -0.15) is 0 Å². The van der Waals surface area contributed by atoms with Crippen LogP contribution in [0.5, 0.6) is 0 Å². The minimum atomic E-state index is 0.579. The maximum Gasteiger partial charge on any atom is 0.0432 e. The summed E-state index contributed by atoms with van der Waals surface area (Å²) in [6, 6.07) is 22.5. The average Bonchev–Trinajstić information content (AvgIpc) is 2.84. The largest absolute Gasteiger partial charge is 0.382 e. The van der Waals surface area contributed by atoms with E-state index in [0.717, 1.165) is 30.9 Å². The zero-order valence-electron chi connectivity index (χ0n) is 20.4. The van der Waals surface area contributed by atoms with Gasteiger partial charge in [0.15, 0.2) is 0 Å². The lowest BCUT2D eigenvalue weighted by molar-refractivity contribution is 0.390. The van der Waals surface area contributed by atoms with Crippen molar-refractivity contribution in [2.24, 2.45) is 0 Å². The quantitative estimate of drug-likeness (QED) is 0.365. The Morgan fingerprint density at radius 3 is 2.48 bits per heavy atom. The van der Waals surface area contributed by atoms with Crippen molar-refractivity contribution >= 4 is 22.2 Å². The van der Waals surface area contributed by atoms with Crippen molar-refractivity contribution in [1.29, 1.82) is 0 Å². The first kappa shape index (κ1) is 23.2. The van der Waals surface area contributed by atoms with Crippen molar-refractivity contribution in [3.8, 4) is 0 Å². The summed E-state index contributed by atoms with van der Waals surface area (Å²) in [7, 11) is 0. The molecular weight excluding hydrogens is 400 g/mol. The van der Waals surface area contributed by atoms with E-state index in [9.17, 15) is 0 Å². The van der Waals surface area contributed by atoms with Crippen molar-refractivity contribution < 1.29 is 0 Å². The van der Waals surface area contributed by atoms with Gasteiger partial charge in [0.1, 0.15) is 0 Å². The summed E-state index contributed by atoms with van der Waals surface area (Å²) in [5.74, 6) is 0. The number of fused-ring (bicyclic) bond motifs is 1. The van der Waals surface area contributed by atoms with Gasteiger partial charge in [-0.05, 0) is 59.7 Å². The van der Waals surface area contributed by atoms with Gasteiger partial charge in [0.05, 0.1) is 0 Å². The van der Waals surface area contributed by atoms with E-state index in [0.29, 0.717) is 6.04 Å². The fourth-order valence-corrected chi connectivity index (χ4v) is 5.07. The number of rotatable bonds is 9. The Hall–Kier alpha value is -3.00. The van der Waals surface area contributed by atoms with Gasteiger partial charge in [-0.25, -0.2) is 0 Å². The molecule has 172 valence electrons. The average molecular weight is 439 g/mol. The van der Waals surface area contributed by atoms with Crippen molar-refractivity contribution in [3.63, 3.8) is 0 Å². The molecule has 1 aliphatic carbocycles. The lowest BCUT2D eigenvalue weighted by Crippen LogP contribution is -2.29. The van der Waals surface area contributed by atoms with Gasteiger partial charge in [-0.15, -0.1) is 0 Å². The first-order valence-electron chi connectivity index (χ1n) is 12.5. The van der Waals surface area contributed by atoms with E-state index >= 15 is 0 Å². The van der Waals surface area contributed by atoms with Crippen LogP contribution in [0.2, 0.25) is 0 Å². The molecule has 0 atom stereocenters. The van der Waals surface area contributed by atoms with E-state index in [4.69, 9.17) is 0 Å². The second-order valence-electron chi connectivity index (χ2n) is 9.49. The van der Waals surface area contributed by atoms with Crippen molar-refractivity contribution in [2.45, 2.75) is 65.0 Å². The van der Waals surface area contributed by atoms with Gasteiger partial charge >= 0.3 is 0 Å². The van der Waals surface area contributed by atoms with Gasteiger partial charge in [-0.1, -0.05) is 93.9 Å². The fraction of sp³-hybridized carbons (Fsp3) is 0.355. The molecule has 2 heteroatoms. The third-order valence-electron chi connectivity index (χ3n) is 7.01. The summed E-state index contributed by atoms with van der Waals surface area (Å²) in [6.45, 7) is 15.2. The highest BCUT2D eigenvalue weighted by molar-refractivity contribution is 5.93. The maximum atomic E-state index is 4.53. The van der Waals surface area contributed by atoms with E-state index in [2.05, 4.69) is 97.9 Å². The van der Waals surface area contributed by atoms with Crippen molar-refractivity contribution in [3.05, 3.63) is 96.1 Å². The third-order valence-corrected chi connectivity index (χ3v) is 7.01. The minimum Gasteiger partial charge on any atom is -0.382 e.